The van der Waals surface area contributed by atoms with E-state index in [2.05, 4.69) is 15.9 Å². The molecule has 0 fully saturated rings. The highest BCUT2D eigenvalue weighted by Gasteiger charge is 2.11. The van der Waals surface area contributed by atoms with Crippen molar-refractivity contribution in [2.45, 2.75) is 6.92 Å². The number of carbonyl (C=O) groups excluding carboxylic acids is 1. The van der Waals surface area contributed by atoms with Gasteiger partial charge >= 0.3 is 0 Å². The van der Waals surface area contributed by atoms with E-state index in [1.54, 1.807) is 18.2 Å². The Bertz CT molecular complexity index is 546. The molecule has 0 bridgehead atoms. The van der Waals surface area contributed by atoms with Gasteiger partial charge in [0.15, 0.2) is 11.5 Å². The number of halogens is 2. The van der Waals surface area contributed by atoms with E-state index in [0.29, 0.717) is 21.6 Å². The zero-order valence-corrected chi connectivity index (χ0v) is 10.0. The van der Waals surface area contributed by atoms with Gasteiger partial charge in [0.05, 0.1) is 0 Å². The van der Waals surface area contributed by atoms with Gasteiger partial charge in [-0.25, -0.2) is 4.39 Å². The zero-order chi connectivity index (χ0) is 11.7. The zero-order valence-electron chi connectivity index (χ0n) is 8.46. The molecule has 4 heteroatoms. The van der Waals surface area contributed by atoms with E-state index >= 15 is 0 Å². The van der Waals surface area contributed by atoms with E-state index in [1.807, 2.05) is 0 Å². The van der Waals surface area contributed by atoms with E-state index in [9.17, 15) is 9.18 Å². The highest BCUT2D eigenvalue weighted by molar-refractivity contribution is 9.10. The lowest BCUT2D eigenvalue weighted by atomic mass is 10.2. The molecule has 0 saturated heterocycles. The van der Waals surface area contributed by atoms with Crippen LogP contribution in [0.3, 0.4) is 0 Å². The van der Waals surface area contributed by atoms with Crippen LogP contribution in [0.2, 0.25) is 0 Å². The number of hydrogen-bond acceptors (Lipinski definition) is 2. The van der Waals surface area contributed by atoms with Crippen LogP contribution in [0.1, 0.15) is 17.5 Å². The van der Waals surface area contributed by atoms with Gasteiger partial charge in [-0.05, 0) is 46.3 Å². The van der Waals surface area contributed by atoms with E-state index in [1.165, 1.54) is 19.1 Å². The maximum atomic E-state index is 12.9. The minimum atomic E-state index is -0.325. The average Bonchev–Trinajstić information content (AvgIpc) is 2.66. The van der Waals surface area contributed by atoms with E-state index in [4.69, 9.17) is 4.42 Å². The highest BCUT2D eigenvalue weighted by Crippen LogP contribution is 2.30. The Labute approximate surface area is 100 Å². The van der Waals surface area contributed by atoms with Gasteiger partial charge in [-0.1, -0.05) is 0 Å². The molecule has 0 aliphatic carbocycles. The van der Waals surface area contributed by atoms with Crippen LogP contribution in [0.4, 0.5) is 4.39 Å². The molecule has 0 unspecified atom stereocenters. The first-order chi connectivity index (χ1) is 7.58. The van der Waals surface area contributed by atoms with Crippen LogP contribution in [-0.2, 0) is 0 Å². The Morgan fingerprint density at radius 3 is 2.62 bits per heavy atom. The normalized spacial score (nSPS) is 10.4. The number of benzene rings is 1. The second-order valence-electron chi connectivity index (χ2n) is 3.34. The SMILES string of the molecule is CC(=O)c1ccc(-c2ccc(F)cc2Br)o1. The monoisotopic (exact) mass is 282 g/mol. The molecular formula is C12H8BrFO2. The lowest BCUT2D eigenvalue weighted by Crippen LogP contribution is -1.86. The minimum absolute atomic E-state index is 0.135. The average molecular weight is 283 g/mol. The first-order valence-electron chi connectivity index (χ1n) is 4.64. The van der Waals surface area contributed by atoms with Gasteiger partial charge in [0.25, 0.3) is 0 Å². The van der Waals surface area contributed by atoms with Gasteiger partial charge in [0.2, 0.25) is 0 Å². The largest absolute Gasteiger partial charge is 0.453 e. The molecule has 0 saturated carbocycles. The van der Waals surface area contributed by atoms with Crippen molar-refractivity contribution in [3.8, 4) is 11.3 Å². The Morgan fingerprint density at radius 1 is 1.31 bits per heavy atom. The third-order valence-electron chi connectivity index (χ3n) is 2.15. The maximum Gasteiger partial charge on any atom is 0.194 e. The fourth-order valence-corrected chi connectivity index (χ4v) is 1.91. The van der Waals surface area contributed by atoms with Crippen molar-refractivity contribution in [3.05, 3.63) is 46.4 Å². The molecule has 0 atom stereocenters. The lowest BCUT2D eigenvalue weighted by Gasteiger charge is -2.00. The molecular weight excluding hydrogens is 275 g/mol. The van der Waals surface area contributed by atoms with Crippen LogP contribution >= 0.6 is 15.9 Å². The number of hydrogen-bond donors (Lipinski definition) is 0. The number of carbonyl (C=O) groups is 1. The highest BCUT2D eigenvalue weighted by atomic mass is 79.9. The fourth-order valence-electron chi connectivity index (χ4n) is 1.36. The minimum Gasteiger partial charge on any atom is -0.453 e. The van der Waals surface area contributed by atoms with E-state index in [-0.39, 0.29) is 11.6 Å². The summed E-state index contributed by atoms with van der Waals surface area (Å²) in [4.78, 5) is 11.1. The molecule has 0 amide bonds. The second-order valence-corrected chi connectivity index (χ2v) is 4.20. The quantitative estimate of drug-likeness (QED) is 0.778. The van der Waals surface area contributed by atoms with Crippen LogP contribution in [0, 0.1) is 5.82 Å². The van der Waals surface area contributed by atoms with Crippen LogP contribution < -0.4 is 0 Å². The summed E-state index contributed by atoms with van der Waals surface area (Å²) in [6.07, 6.45) is 0. The molecule has 1 heterocycles. The van der Waals surface area contributed by atoms with Crippen molar-refractivity contribution in [1.29, 1.82) is 0 Å². The topological polar surface area (TPSA) is 30.2 Å². The van der Waals surface area contributed by atoms with Crippen molar-refractivity contribution in [1.82, 2.24) is 0 Å². The summed E-state index contributed by atoms with van der Waals surface area (Å²) < 4.78 is 18.8. The first kappa shape index (κ1) is 11.1. The standard InChI is InChI=1S/C12H8BrFO2/c1-7(15)11-4-5-12(16-11)9-3-2-8(14)6-10(9)13/h2-6H,1H3. The molecule has 2 aromatic rings. The summed E-state index contributed by atoms with van der Waals surface area (Å²) in [7, 11) is 0. The Hall–Kier alpha value is -1.42. The van der Waals surface area contributed by atoms with E-state index in [0.717, 1.165) is 0 Å². The van der Waals surface area contributed by atoms with Crippen LogP contribution in [-0.4, -0.2) is 5.78 Å². The molecule has 16 heavy (non-hydrogen) atoms. The summed E-state index contributed by atoms with van der Waals surface area (Å²) in [5.74, 6) is 0.377. The fraction of sp³-hybridized carbons (Fsp3) is 0.0833. The molecule has 0 N–H and O–H groups in total. The summed E-state index contributed by atoms with van der Waals surface area (Å²) in [5, 5.41) is 0. The molecule has 2 nitrogen and oxygen atoms in total. The van der Waals surface area contributed by atoms with Crippen molar-refractivity contribution in [2.75, 3.05) is 0 Å². The van der Waals surface area contributed by atoms with Crippen LogP contribution in [0.15, 0.2) is 39.2 Å². The van der Waals surface area contributed by atoms with Crippen molar-refractivity contribution >= 4 is 21.7 Å². The van der Waals surface area contributed by atoms with Crippen molar-refractivity contribution in [2.24, 2.45) is 0 Å². The third kappa shape index (κ3) is 2.07. The molecule has 1 aromatic heterocycles. The summed E-state index contributed by atoms with van der Waals surface area (Å²) >= 11 is 3.25. The van der Waals surface area contributed by atoms with Crippen LogP contribution in [0.25, 0.3) is 11.3 Å². The Kier molecular flexibility index (Phi) is 2.92. The Morgan fingerprint density at radius 2 is 2.06 bits per heavy atom. The summed E-state index contributed by atoms with van der Waals surface area (Å²) in [6, 6.07) is 7.59. The van der Waals surface area contributed by atoms with Gasteiger partial charge < -0.3 is 4.42 Å². The third-order valence-corrected chi connectivity index (χ3v) is 2.81. The maximum absolute atomic E-state index is 12.9. The smallest absolute Gasteiger partial charge is 0.194 e. The van der Waals surface area contributed by atoms with Crippen molar-refractivity contribution in [3.63, 3.8) is 0 Å². The van der Waals surface area contributed by atoms with E-state index < -0.39 is 0 Å². The molecule has 0 aliphatic heterocycles. The predicted octanol–water partition coefficient (Wildman–Crippen LogP) is 4.05. The number of rotatable bonds is 2. The molecule has 0 aliphatic rings. The number of furan rings is 1. The Balaban J connectivity index is 2.46. The van der Waals surface area contributed by atoms with Gasteiger partial charge in [-0.3, -0.25) is 4.79 Å². The molecule has 2 rings (SSSR count). The van der Waals surface area contributed by atoms with Gasteiger partial charge in [-0.2, -0.15) is 0 Å². The first-order valence-corrected chi connectivity index (χ1v) is 5.43. The second kappa shape index (κ2) is 4.22. The van der Waals surface area contributed by atoms with Crippen molar-refractivity contribution < 1.29 is 13.6 Å². The predicted molar refractivity (Wildman–Crippen MR) is 61.8 cm³/mol. The number of ketones is 1. The molecule has 0 radical (unpaired) electrons. The lowest BCUT2D eigenvalue weighted by molar-refractivity contribution is 0.0988. The molecule has 82 valence electrons. The summed E-state index contributed by atoms with van der Waals surface area (Å²) in [5.41, 5.74) is 0.717. The summed E-state index contributed by atoms with van der Waals surface area (Å²) in [6.45, 7) is 1.43. The number of Topliss-reactive ketones (excluding diaryl/α,β-unsaturated/α-hetero) is 1. The van der Waals surface area contributed by atoms with Gasteiger partial charge in [0, 0.05) is 17.0 Å². The van der Waals surface area contributed by atoms with Crippen LogP contribution in [0.5, 0.6) is 0 Å². The van der Waals surface area contributed by atoms with Gasteiger partial charge in [-0.15, -0.1) is 0 Å². The van der Waals surface area contributed by atoms with Gasteiger partial charge in [0.1, 0.15) is 11.6 Å². The molecule has 1 aromatic carbocycles. The molecule has 0 spiro atoms.